The zero-order chi connectivity index (χ0) is 24.2. The third-order valence-corrected chi connectivity index (χ3v) is 5.87. The van der Waals surface area contributed by atoms with E-state index in [1.54, 1.807) is 24.1 Å². The summed E-state index contributed by atoms with van der Waals surface area (Å²) < 4.78 is 11.5. The van der Waals surface area contributed by atoms with Crippen LogP contribution in [-0.4, -0.2) is 71.0 Å². The number of imidazole rings is 1. The third kappa shape index (κ3) is 5.56. The number of carbonyl (C=O) groups is 2. The molecule has 1 aliphatic rings. The Morgan fingerprint density at radius 1 is 1.21 bits per heavy atom. The van der Waals surface area contributed by atoms with Gasteiger partial charge in [-0.25, -0.2) is 4.98 Å². The largest absolute Gasteiger partial charge is 0.497 e. The van der Waals surface area contributed by atoms with Crippen molar-refractivity contribution in [3.05, 3.63) is 59.4 Å². The molecule has 2 amide bonds. The van der Waals surface area contributed by atoms with Crippen LogP contribution < -0.4 is 4.74 Å². The maximum Gasteiger partial charge on any atom is 0.254 e. The molecule has 8 nitrogen and oxygen atoms in total. The molecule has 3 aromatic rings. The highest BCUT2D eigenvalue weighted by Crippen LogP contribution is 2.19. The lowest BCUT2D eigenvalue weighted by atomic mass is 10.1. The van der Waals surface area contributed by atoms with Gasteiger partial charge in [-0.15, -0.1) is 0 Å². The molecule has 0 spiro atoms. The standard InChI is InChI=1S/C26H32N4O4/c1-17(2)12-29-13-22(34-16-19-6-5-7-21(10-19)33-4)14-30(15-25(29)31)26(32)20-8-9-23-24(11-20)28-18(3)27-23/h5-11,17,22H,12-16H2,1-4H3,(H,27,28)/t22-/m0/s1. The van der Waals surface area contributed by atoms with Crippen molar-refractivity contribution in [3.8, 4) is 5.75 Å². The van der Waals surface area contributed by atoms with E-state index >= 15 is 0 Å². The van der Waals surface area contributed by atoms with Crippen molar-refractivity contribution in [2.45, 2.75) is 33.5 Å². The number of ether oxygens (including phenoxy) is 2. The van der Waals surface area contributed by atoms with Gasteiger partial charge in [-0.2, -0.15) is 0 Å². The molecule has 1 saturated heterocycles. The minimum atomic E-state index is -0.307. The number of fused-ring (bicyclic) bond motifs is 1. The van der Waals surface area contributed by atoms with Crippen molar-refractivity contribution in [3.63, 3.8) is 0 Å². The van der Waals surface area contributed by atoms with Crippen molar-refractivity contribution in [1.82, 2.24) is 19.8 Å². The summed E-state index contributed by atoms with van der Waals surface area (Å²) in [5.74, 6) is 1.62. The molecule has 0 bridgehead atoms. The zero-order valence-electron chi connectivity index (χ0n) is 20.2. The molecule has 0 unspecified atom stereocenters. The lowest BCUT2D eigenvalue weighted by Crippen LogP contribution is -2.40. The second-order valence-corrected chi connectivity index (χ2v) is 9.22. The summed E-state index contributed by atoms with van der Waals surface area (Å²) >= 11 is 0. The van der Waals surface area contributed by atoms with Crippen LogP contribution in [0.5, 0.6) is 5.75 Å². The van der Waals surface area contributed by atoms with E-state index in [1.165, 1.54) is 0 Å². The van der Waals surface area contributed by atoms with E-state index in [1.807, 2.05) is 42.2 Å². The van der Waals surface area contributed by atoms with Gasteiger partial charge in [0.25, 0.3) is 5.91 Å². The van der Waals surface area contributed by atoms with Crippen molar-refractivity contribution in [1.29, 1.82) is 0 Å². The molecule has 8 heteroatoms. The van der Waals surface area contributed by atoms with Crippen LogP contribution in [0.15, 0.2) is 42.5 Å². The average molecular weight is 465 g/mol. The fraction of sp³-hybridized carbons (Fsp3) is 0.423. The molecule has 1 fully saturated rings. The van der Waals surface area contributed by atoms with Gasteiger partial charge in [-0.3, -0.25) is 9.59 Å². The second kappa shape index (κ2) is 10.3. The molecule has 1 N–H and O–H groups in total. The lowest BCUT2D eigenvalue weighted by molar-refractivity contribution is -0.132. The molecule has 0 radical (unpaired) electrons. The van der Waals surface area contributed by atoms with Crippen molar-refractivity contribution >= 4 is 22.8 Å². The zero-order valence-corrected chi connectivity index (χ0v) is 20.2. The number of hydrogen-bond acceptors (Lipinski definition) is 5. The molecule has 4 rings (SSSR count). The highest BCUT2D eigenvalue weighted by atomic mass is 16.5. The quantitative estimate of drug-likeness (QED) is 0.579. The fourth-order valence-corrected chi connectivity index (χ4v) is 4.29. The molecule has 34 heavy (non-hydrogen) atoms. The predicted molar refractivity (Wildman–Crippen MR) is 130 cm³/mol. The normalized spacial score (nSPS) is 16.9. The van der Waals surface area contributed by atoms with Gasteiger partial charge in [0.15, 0.2) is 0 Å². The van der Waals surface area contributed by atoms with Crippen molar-refractivity contribution in [2.75, 3.05) is 33.3 Å². The summed E-state index contributed by atoms with van der Waals surface area (Å²) in [6, 6.07) is 13.1. The van der Waals surface area contributed by atoms with E-state index in [0.29, 0.717) is 37.7 Å². The highest BCUT2D eigenvalue weighted by Gasteiger charge is 2.31. The maximum atomic E-state index is 13.4. The Morgan fingerprint density at radius 2 is 2.03 bits per heavy atom. The molecule has 2 aromatic carbocycles. The molecule has 1 aliphatic heterocycles. The summed E-state index contributed by atoms with van der Waals surface area (Å²) in [6.07, 6.45) is -0.307. The van der Waals surface area contributed by atoms with E-state index in [4.69, 9.17) is 9.47 Å². The number of aromatic nitrogens is 2. The maximum absolute atomic E-state index is 13.4. The van der Waals surface area contributed by atoms with Crippen LogP contribution in [0.1, 0.15) is 35.6 Å². The molecule has 0 saturated carbocycles. The van der Waals surface area contributed by atoms with E-state index in [9.17, 15) is 9.59 Å². The minimum Gasteiger partial charge on any atom is -0.497 e. The number of nitrogens with zero attached hydrogens (tertiary/aromatic N) is 3. The Bertz CT molecular complexity index is 1170. The number of amides is 2. The Hall–Kier alpha value is -3.39. The highest BCUT2D eigenvalue weighted by molar-refractivity contribution is 5.99. The van der Waals surface area contributed by atoms with Crippen LogP contribution >= 0.6 is 0 Å². The number of benzene rings is 2. The Labute approximate surface area is 199 Å². The predicted octanol–water partition coefficient (Wildman–Crippen LogP) is 3.41. The van der Waals surface area contributed by atoms with E-state index in [0.717, 1.165) is 28.2 Å². The molecule has 1 atom stereocenters. The summed E-state index contributed by atoms with van der Waals surface area (Å²) in [7, 11) is 1.63. The van der Waals surface area contributed by atoms with Crippen LogP contribution in [0.3, 0.4) is 0 Å². The fourth-order valence-electron chi connectivity index (χ4n) is 4.29. The SMILES string of the molecule is COc1cccc(CO[C@H]2CN(CC(C)C)C(=O)CN(C(=O)c3ccc4nc(C)[nH]c4c3)C2)c1. The summed E-state index contributed by atoms with van der Waals surface area (Å²) in [4.78, 5) is 37.5. The average Bonchev–Trinajstić information content (AvgIpc) is 3.12. The lowest BCUT2D eigenvalue weighted by Gasteiger charge is -2.26. The van der Waals surface area contributed by atoms with Gasteiger partial charge >= 0.3 is 0 Å². The Balaban J connectivity index is 1.54. The first kappa shape index (κ1) is 23.8. The minimum absolute atomic E-state index is 0.0324. The van der Waals surface area contributed by atoms with Gasteiger partial charge in [0.2, 0.25) is 5.91 Å². The van der Waals surface area contributed by atoms with Crippen LogP contribution in [0.4, 0.5) is 0 Å². The number of carbonyl (C=O) groups excluding carboxylic acids is 2. The topological polar surface area (TPSA) is 87.8 Å². The molecule has 0 aliphatic carbocycles. The number of nitrogens with one attached hydrogen (secondary N) is 1. The van der Waals surface area contributed by atoms with Crippen molar-refractivity contribution < 1.29 is 19.1 Å². The molecule has 1 aromatic heterocycles. The van der Waals surface area contributed by atoms with Crippen molar-refractivity contribution in [2.24, 2.45) is 5.92 Å². The number of H-pyrrole nitrogens is 1. The van der Waals surface area contributed by atoms with Gasteiger partial charge in [0, 0.05) is 25.2 Å². The number of aromatic amines is 1. The first-order valence-corrected chi connectivity index (χ1v) is 11.6. The van der Waals surface area contributed by atoms with Gasteiger partial charge in [-0.1, -0.05) is 26.0 Å². The second-order valence-electron chi connectivity index (χ2n) is 9.22. The number of rotatable bonds is 7. The third-order valence-electron chi connectivity index (χ3n) is 5.87. The van der Waals surface area contributed by atoms with Gasteiger partial charge in [0.1, 0.15) is 18.1 Å². The smallest absolute Gasteiger partial charge is 0.254 e. The van der Waals surface area contributed by atoms with Gasteiger partial charge in [0.05, 0.1) is 30.9 Å². The van der Waals surface area contributed by atoms with E-state index in [2.05, 4.69) is 23.8 Å². The molecule has 2 heterocycles. The molecular weight excluding hydrogens is 432 g/mol. The van der Waals surface area contributed by atoms with Crippen LogP contribution in [0, 0.1) is 12.8 Å². The Morgan fingerprint density at radius 3 is 2.79 bits per heavy atom. The Kier molecular flexibility index (Phi) is 7.17. The number of methoxy groups -OCH3 is 1. The van der Waals surface area contributed by atoms with Gasteiger partial charge < -0.3 is 24.3 Å². The number of aryl methyl sites for hydroxylation is 1. The van der Waals surface area contributed by atoms with Crippen LogP contribution in [-0.2, 0) is 16.1 Å². The monoisotopic (exact) mass is 464 g/mol. The van der Waals surface area contributed by atoms with Crippen LogP contribution in [0.2, 0.25) is 0 Å². The molecule has 180 valence electrons. The van der Waals surface area contributed by atoms with Crippen LogP contribution in [0.25, 0.3) is 11.0 Å². The summed E-state index contributed by atoms with van der Waals surface area (Å²) in [5.41, 5.74) is 3.11. The first-order chi connectivity index (χ1) is 16.3. The van der Waals surface area contributed by atoms with E-state index in [-0.39, 0.29) is 24.5 Å². The summed E-state index contributed by atoms with van der Waals surface area (Å²) in [5, 5.41) is 0. The summed E-state index contributed by atoms with van der Waals surface area (Å²) in [6.45, 7) is 7.84. The van der Waals surface area contributed by atoms with Gasteiger partial charge in [-0.05, 0) is 48.7 Å². The van der Waals surface area contributed by atoms with E-state index < -0.39 is 0 Å². The first-order valence-electron chi connectivity index (χ1n) is 11.6. The molecular formula is C26H32N4O4. The number of hydrogen-bond donors (Lipinski definition) is 1.